The van der Waals surface area contributed by atoms with E-state index >= 15 is 0 Å². The summed E-state index contributed by atoms with van der Waals surface area (Å²) in [5.41, 5.74) is 0.776. The van der Waals surface area contributed by atoms with Crippen molar-refractivity contribution < 1.29 is 8.42 Å². The van der Waals surface area contributed by atoms with Gasteiger partial charge in [0.25, 0.3) is 0 Å². The van der Waals surface area contributed by atoms with Gasteiger partial charge in [0.1, 0.15) is 0 Å². The number of hydrogen-bond donors (Lipinski definition) is 1. The van der Waals surface area contributed by atoms with Gasteiger partial charge < -0.3 is 5.32 Å². The Balaban J connectivity index is 2.11. The molecule has 1 aromatic carbocycles. The summed E-state index contributed by atoms with van der Waals surface area (Å²) >= 11 is 2.01. The molecule has 0 saturated heterocycles. The van der Waals surface area contributed by atoms with Crippen LogP contribution in [0.3, 0.4) is 0 Å². The van der Waals surface area contributed by atoms with Crippen LogP contribution in [0.5, 0.6) is 0 Å². The summed E-state index contributed by atoms with van der Waals surface area (Å²) in [6.07, 6.45) is 4.12. The Morgan fingerprint density at radius 1 is 1.24 bits per heavy atom. The summed E-state index contributed by atoms with van der Waals surface area (Å²) in [5.74, 6) is 1.36. The summed E-state index contributed by atoms with van der Waals surface area (Å²) in [6.45, 7) is 4.09. The normalized spacial score (nSPS) is 22.4. The van der Waals surface area contributed by atoms with Gasteiger partial charge >= 0.3 is 0 Å². The monoisotopic (exact) mass is 327 g/mol. The zero-order valence-electron chi connectivity index (χ0n) is 12.8. The summed E-state index contributed by atoms with van der Waals surface area (Å²) < 4.78 is 24.7. The molecule has 0 amide bonds. The van der Waals surface area contributed by atoms with E-state index in [1.165, 1.54) is 6.42 Å². The second kappa shape index (κ2) is 7.54. The predicted octanol–water partition coefficient (Wildman–Crippen LogP) is 3.96. The van der Waals surface area contributed by atoms with E-state index in [1.54, 1.807) is 12.1 Å². The van der Waals surface area contributed by atoms with Gasteiger partial charge in [0.2, 0.25) is 0 Å². The van der Waals surface area contributed by atoms with E-state index in [-0.39, 0.29) is 5.75 Å². The first kappa shape index (κ1) is 16.7. The van der Waals surface area contributed by atoms with E-state index in [0.29, 0.717) is 22.6 Å². The fourth-order valence-electron chi connectivity index (χ4n) is 2.91. The molecule has 0 radical (unpaired) electrons. The SMILES string of the molecule is CCCS(=O)(=O)c1ccccc1NC1CCC(SCC)C1. The van der Waals surface area contributed by atoms with E-state index in [0.717, 1.165) is 24.3 Å². The van der Waals surface area contributed by atoms with Gasteiger partial charge in [-0.15, -0.1) is 0 Å². The van der Waals surface area contributed by atoms with Crippen LogP contribution >= 0.6 is 11.8 Å². The number of para-hydroxylation sites is 1. The van der Waals surface area contributed by atoms with E-state index < -0.39 is 9.84 Å². The van der Waals surface area contributed by atoms with Crippen LogP contribution in [0.4, 0.5) is 5.69 Å². The smallest absolute Gasteiger partial charge is 0.180 e. The number of benzene rings is 1. The van der Waals surface area contributed by atoms with Crippen molar-refractivity contribution in [3.8, 4) is 0 Å². The third kappa shape index (κ3) is 4.39. The Hall–Kier alpha value is -0.680. The van der Waals surface area contributed by atoms with E-state index in [4.69, 9.17) is 0 Å². The largest absolute Gasteiger partial charge is 0.381 e. The molecule has 1 N–H and O–H groups in total. The van der Waals surface area contributed by atoms with Crippen LogP contribution in [-0.4, -0.2) is 31.2 Å². The van der Waals surface area contributed by atoms with Gasteiger partial charge in [0.05, 0.1) is 16.3 Å². The summed E-state index contributed by atoms with van der Waals surface area (Å²) in [4.78, 5) is 0.457. The third-order valence-electron chi connectivity index (χ3n) is 3.84. The molecule has 1 fully saturated rings. The minimum absolute atomic E-state index is 0.213. The molecule has 5 heteroatoms. The lowest BCUT2D eigenvalue weighted by Gasteiger charge is -2.17. The predicted molar refractivity (Wildman–Crippen MR) is 92.0 cm³/mol. The molecule has 0 aromatic heterocycles. The molecule has 2 unspecified atom stereocenters. The maximum atomic E-state index is 12.3. The lowest BCUT2D eigenvalue weighted by Crippen LogP contribution is -2.18. The van der Waals surface area contributed by atoms with Crippen molar-refractivity contribution in [2.45, 2.75) is 55.7 Å². The number of rotatable bonds is 7. The van der Waals surface area contributed by atoms with Crippen molar-refractivity contribution in [2.24, 2.45) is 0 Å². The molecule has 0 aliphatic heterocycles. The number of nitrogens with one attached hydrogen (secondary N) is 1. The van der Waals surface area contributed by atoms with Gasteiger partial charge in [-0.05, 0) is 43.6 Å². The van der Waals surface area contributed by atoms with Gasteiger partial charge in [-0.2, -0.15) is 11.8 Å². The molecule has 2 atom stereocenters. The Kier molecular flexibility index (Phi) is 5.99. The van der Waals surface area contributed by atoms with Crippen LogP contribution < -0.4 is 5.32 Å². The third-order valence-corrected chi connectivity index (χ3v) is 7.05. The molecule has 0 heterocycles. The Bertz CT molecular complexity index is 557. The molecule has 1 saturated carbocycles. The molecule has 2 rings (SSSR count). The van der Waals surface area contributed by atoms with Gasteiger partial charge in [0, 0.05) is 11.3 Å². The summed E-state index contributed by atoms with van der Waals surface area (Å²) in [6, 6.07) is 7.72. The maximum absolute atomic E-state index is 12.3. The molecule has 1 aliphatic rings. The van der Waals surface area contributed by atoms with Gasteiger partial charge in [0.15, 0.2) is 9.84 Å². The molecule has 0 bridgehead atoms. The average Bonchev–Trinajstić information content (AvgIpc) is 2.87. The van der Waals surface area contributed by atoms with Crippen LogP contribution in [0, 0.1) is 0 Å². The minimum atomic E-state index is -3.17. The first-order chi connectivity index (χ1) is 10.1. The zero-order chi connectivity index (χ0) is 15.3. The molecular weight excluding hydrogens is 302 g/mol. The molecule has 118 valence electrons. The van der Waals surface area contributed by atoms with Gasteiger partial charge in [-0.25, -0.2) is 8.42 Å². The van der Waals surface area contributed by atoms with Gasteiger partial charge in [-0.3, -0.25) is 0 Å². The van der Waals surface area contributed by atoms with Crippen LogP contribution in [0.15, 0.2) is 29.2 Å². The lowest BCUT2D eigenvalue weighted by molar-refractivity contribution is 0.594. The second-order valence-corrected chi connectivity index (χ2v) is 9.20. The van der Waals surface area contributed by atoms with Crippen LogP contribution in [-0.2, 0) is 9.84 Å². The highest BCUT2D eigenvalue weighted by Gasteiger charge is 2.26. The highest BCUT2D eigenvalue weighted by atomic mass is 32.2. The topological polar surface area (TPSA) is 46.2 Å². The fourth-order valence-corrected chi connectivity index (χ4v) is 5.56. The number of thioether (sulfide) groups is 1. The highest BCUT2D eigenvalue weighted by Crippen LogP contribution is 2.33. The van der Waals surface area contributed by atoms with Crippen molar-refractivity contribution in [1.29, 1.82) is 0 Å². The minimum Gasteiger partial charge on any atom is -0.381 e. The average molecular weight is 328 g/mol. The van der Waals surface area contributed by atoms with Crippen molar-refractivity contribution in [2.75, 3.05) is 16.8 Å². The Morgan fingerprint density at radius 3 is 2.71 bits per heavy atom. The lowest BCUT2D eigenvalue weighted by atomic mass is 10.2. The summed E-state index contributed by atoms with van der Waals surface area (Å²) in [5, 5.41) is 4.18. The zero-order valence-corrected chi connectivity index (χ0v) is 14.5. The van der Waals surface area contributed by atoms with Crippen LogP contribution in [0.1, 0.15) is 39.5 Å². The molecule has 3 nitrogen and oxygen atoms in total. The van der Waals surface area contributed by atoms with Crippen LogP contribution in [0.25, 0.3) is 0 Å². The number of sulfone groups is 1. The van der Waals surface area contributed by atoms with Gasteiger partial charge in [-0.1, -0.05) is 26.0 Å². The van der Waals surface area contributed by atoms with Crippen molar-refractivity contribution >= 4 is 27.3 Å². The number of hydrogen-bond acceptors (Lipinski definition) is 4. The van der Waals surface area contributed by atoms with Crippen molar-refractivity contribution in [3.63, 3.8) is 0 Å². The first-order valence-electron chi connectivity index (χ1n) is 7.76. The van der Waals surface area contributed by atoms with Crippen LogP contribution in [0.2, 0.25) is 0 Å². The molecule has 1 aliphatic carbocycles. The highest BCUT2D eigenvalue weighted by molar-refractivity contribution is 7.99. The maximum Gasteiger partial charge on any atom is 0.180 e. The fraction of sp³-hybridized carbons (Fsp3) is 0.625. The molecule has 21 heavy (non-hydrogen) atoms. The number of anilines is 1. The summed E-state index contributed by atoms with van der Waals surface area (Å²) in [7, 11) is -3.17. The molecular formula is C16H25NO2S2. The Labute approximate surface area is 132 Å². The van der Waals surface area contributed by atoms with Crippen molar-refractivity contribution in [1.82, 2.24) is 0 Å². The Morgan fingerprint density at radius 2 is 2.00 bits per heavy atom. The van der Waals surface area contributed by atoms with Crippen molar-refractivity contribution in [3.05, 3.63) is 24.3 Å². The first-order valence-corrected chi connectivity index (χ1v) is 10.5. The molecule has 1 aromatic rings. The molecule has 0 spiro atoms. The standard InChI is InChI=1S/C16H25NO2S2/c1-3-11-21(18,19)16-8-6-5-7-15(16)17-13-9-10-14(12-13)20-4-2/h5-8,13-14,17H,3-4,9-12H2,1-2H3. The van der Waals surface area contributed by atoms with E-state index in [1.807, 2.05) is 30.8 Å². The second-order valence-electron chi connectivity index (χ2n) is 5.55. The van der Waals surface area contributed by atoms with E-state index in [9.17, 15) is 8.42 Å². The van der Waals surface area contributed by atoms with E-state index in [2.05, 4.69) is 12.2 Å². The quantitative estimate of drug-likeness (QED) is 0.823.